The number of nitrogens with one attached hydrogen (secondary N) is 2. The number of ether oxygens (including phenoxy) is 2. The Bertz CT molecular complexity index is 370. The SMILES string of the molecule is CC(C)[C@H](NC(=O)CN)C(O)OCCOCO.CCCC(O)NC[C@@H](O)CO.Cl. The largest absolute Gasteiger partial charge is 0.394 e. The molecule has 1 amide bonds. The molecule has 0 aliphatic rings. The average Bonchev–Trinajstić information content (AvgIpc) is 2.67. The number of nitrogens with two attached hydrogens (primary N) is 1. The van der Waals surface area contributed by atoms with Crippen molar-refractivity contribution in [1.29, 1.82) is 0 Å². The third-order valence-electron chi connectivity index (χ3n) is 3.51. The quantitative estimate of drug-likeness (QED) is 0.101. The molecule has 178 valence electrons. The molecule has 0 aromatic rings. The van der Waals surface area contributed by atoms with Crippen LogP contribution < -0.4 is 16.4 Å². The Labute approximate surface area is 179 Å². The lowest BCUT2D eigenvalue weighted by molar-refractivity contribution is -0.150. The Hall–Kier alpha value is -0.600. The summed E-state index contributed by atoms with van der Waals surface area (Å²) in [6.07, 6.45) is -0.919. The fourth-order valence-electron chi connectivity index (χ4n) is 1.92. The molecule has 0 heterocycles. The third kappa shape index (κ3) is 20.5. The summed E-state index contributed by atoms with van der Waals surface area (Å²) in [6, 6.07) is -0.528. The van der Waals surface area contributed by atoms with Crippen molar-refractivity contribution in [2.24, 2.45) is 11.7 Å². The maximum atomic E-state index is 11.1. The highest BCUT2D eigenvalue weighted by Crippen LogP contribution is 2.08. The van der Waals surface area contributed by atoms with Crippen molar-refractivity contribution < 1.29 is 39.8 Å². The van der Waals surface area contributed by atoms with Crippen molar-refractivity contribution >= 4 is 18.3 Å². The van der Waals surface area contributed by atoms with E-state index >= 15 is 0 Å². The summed E-state index contributed by atoms with van der Waals surface area (Å²) in [6.45, 7) is 5.39. The zero-order valence-electron chi connectivity index (χ0n) is 17.5. The number of amides is 1. The van der Waals surface area contributed by atoms with E-state index in [2.05, 4.69) is 15.4 Å². The lowest BCUT2D eigenvalue weighted by Crippen LogP contribution is -2.49. The van der Waals surface area contributed by atoms with Crippen molar-refractivity contribution in [3.63, 3.8) is 0 Å². The summed E-state index contributed by atoms with van der Waals surface area (Å²) < 4.78 is 9.72. The molecular formula is C17H40ClN3O8. The predicted octanol–water partition coefficient (Wildman–Crippen LogP) is -2.14. The molecule has 0 saturated heterocycles. The normalized spacial score (nSPS) is 14.8. The molecule has 9 N–H and O–H groups in total. The first-order valence-electron chi connectivity index (χ1n) is 9.41. The van der Waals surface area contributed by atoms with Crippen molar-refractivity contribution in [3.05, 3.63) is 0 Å². The van der Waals surface area contributed by atoms with Gasteiger partial charge in [0.05, 0.1) is 38.5 Å². The van der Waals surface area contributed by atoms with Crippen LogP contribution in [-0.4, -0.2) is 95.8 Å². The highest BCUT2D eigenvalue weighted by Gasteiger charge is 2.24. The standard InChI is InChI=1S/C10H22N2O5.C7H17NO3.ClH/c1-7(2)9(12-8(14)5-11)10(15)17-4-3-16-6-13;1-2-3-7(11)8-4-6(10)5-9;/h7,9-10,13,15H,3-6,11H2,1-2H3,(H,12,14);6-11H,2-5H2,1H3;1H/t9-,10?;6-,7?;/m01./s1. The van der Waals surface area contributed by atoms with Gasteiger partial charge in [-0.15, -0.1) is 12.4 Å². The number of carbonyl (C=O) groups is 1. The van der Waals surface area contributed by atoms with Crippen LogP contribution in [0.25, 0.3) is 0 Å². The van der Waals surface area contributed by atoms with Gasteiger partial charge in [0.25, 0.3) is 0 Å². The Kier molecular flexibility index (Phi) is 25.2. The van der Waals surface area contributed by atoms with E-state index in [0.29, 0.717) is 6.42 Å². The second kappa shape index (κ2) is 22.1. The molecule has 12 heteroatoms. The fourth-order valence-corrected chi connectivity index (χ4v) is 1.92. The number of rotatable bonds is 15. The molecule has 29 heavy (non-hydrogen) atoms. The number of halogens is 1. The van der Waals surface area contributed by atoms with Crippen molar-refractivity contribution in [3.8, 4) is 0 Å². The van der Waals surface area contributed by atoms with Gasteiger partial charge in [-0.05, 0) is 12.3 Å². The van der Waals surface area contributed by atoms with Gasteiger partial charge in [0, 0.05) is 6.54 Å². The zero-order valence-corrected chi connectivity index (χ0v) is 18.3. The van der Waals surface area contributed by atoms with Gasteiger partial charge < -0.3 is 46.1 Å². The van der Waals surface area contributed by atoms with E-state index in [4.69, 9.17) is 30.9 Å². The number of hydrogen-bond acceptors (Lipinski definition) is 10. The molecule has 0 aliphatic heterocycles. The van der Waals surface area contributed by atoms with Crippen LogP contribution in [0, 0.1) is 5.92 Å². The number of aliphatic hydroxyl groups is 5. The fraction of sp³-hybridized carbons (Fsp3) is 0.941. The van der Waals surface area contributed by atoms with E-state index in [0.717, 1.165) is 6.42 Å². The van der Waals surface area contributed by atoms with Gasteiger partial charge in [0.2, 0.25) is 5.91 Å². The van der Waals surface area contributed by atoms with Gasteiger partial charge in [0.1, 0.15) is 13.0 Å². The van der Waals surface area contributed by atoms with Crippen molar-refractivity contribution in [1.82, 2.24) is 10.6 Å². The summed E-state index contributed by atoms with van der Waals surface area (Å²) in [5.74, 6) is -0.350. The minimum absolute atomic E-state index is 0. The molecule has 0 aromatic heterocycles. The minimum atomic E-state index is -1.13. The number of hydrogen-bond donors (Lipinski definition) is 8. The van der Waals surface area contributed by atoms with Gasteiger partial charge in [-0.1, -0.05) is 27.2 Å². The summed E-state index contributed by atoms with van der Waals surface area (Å²) in [5, 5.41) is 49.7. The molecule has 0 rings (SSSR count). The monoisotopic (exact) mass is 449 g/mol. The molecule has 4 atom stereocenters. The predicted molar refractivity (Wildman–Crippen MR) is 110 cm³/mol. The first-order valence-corrected chi connectivity index (χ1v) is 9.41. The second-order valence-corrected chi connectivity index (χ2v) is 6.39. The molecule has 0 spiro atoms. The van der Waals surface area contributed by atoms with Crippen LogP contribution in [0.4, 0.5) is 0 Å². The molecule has 11 nitrogen and oxygen atoms in total. The Morgan fingerprint density at radius 1 is 1.14 bits per heavy atom. The smallest absolute Gasteiger partial charge is 0.234 e. The molecular weight excluding hydrogens is 410 g/mol. The van der Waals surface area contributed by atoms with Crippen LogP contribution in [0.1, 0.15) is 33.6 Å². The molecule has 0 saturated carbocycles. The molecule has 0 aromatic carbocycles. The van der Waals surface area contributed by atoms with Crippen molar-refractivity contribution in [2.45, 2.75) is 58.3 Å². The number of carbonyl (C=O) groups excluding carboxylic acids is 1. The van der Waals surface area contributed by atoms with E-state index in [9.17, 15) is 9.90 Å². The van der Waals surface area contributed by atoms with Gasteiger partial charge in [-0.2, -0.15) is 0 Å². The summed E-state index contributed by atoms with van der Waals surface area (Å²) in [7, 11) is 0. The van der Waals surface area contributed by atoms with Crippen molar-refractivity contribution in [2.75, 3.05) is 39.7 Å². The summed E-state index contributed by atoms with van der Waals surface area (Å²) >= 11 is 0. The lowest BCUT2D eigenvalue weighted by Gasteiger charge is -2.27. The van der Waals surface area contributed by atoms with Crippen LogP contribution in [0.5, 0.6) is 0 Å². The van der Waals surface area contributed by atoms with Crippen LogP contribution in [0.15, 0.2) is 0 Å². The second-order valence-electron chi connectivity index (χ2n) is 6.39. The van der Waals surface area contributed by atoms with Crippen LogP contribution in [0.3, 0.4) is 0 Å². The van der Waals surface area contributed by atoms with Crippen LogP contribution in [0.2, 0.25) is 0 Å². The maximum absolute atomic E-state index is 11.1. The van der Waals surface area contributed by atoms with E-state index < -0.39 is 31.5 Å². The van der Waals surface area contributed by atoms with Gasteiger partial charge in [-0.3, -0.25) is 10.1 Å². The van der Waals surface area contributed by atoms with E-state index in [1.807, 2.05) is 20.8 Å². The first kappa shape index (κ1) is 33.0. The topological polar surface area (TPSA) is 187 Å². The van der Waals surface area contributed by atoms with E-state index in [1.165, 1.54) is 0 Å². The molecule has 0 radical (unpaired) electrons. The number of aliphatic hydroxyl groups excluding tert-OH is 5. The third-order valence-corrected chi connectivity index (χ3v) is 3.51. The Balaban J connectivity index is -0.000000491. The van der Waals surface area contributed by atoms with Gasteiger partial charge in [0.15, 0.2) is 6.29 Å². The average molecular weight is 450 g/mol. The summed E-state index contributed by atoms with van der Waals surface area (Å²) in [5.41, 5.74) is 5.18. The summed E-state index contributed by atoms with van der Waals surface area (Å²) in [4.78, 5) is 11.1. The highest BCUT2D eigenvalue weighted by atomic mass is 35.5. The lowest BCUT2D eigenvalue weighted by atomic mass is 10.0. The van der Waals surface area contributed by atoms with E-state index in [-0.39, 0.29) is 57.1 Å². The Morgan fingerprint density at radius 3 is 2.21 bits per heavy atom. The van der Waals surface area contributed by atoms with Crippen LogP contribution >= 0.6 is 12.4 Å². The zero-order chi connectivity index (χ0) is 21.9. The molecule has 0 fully saturated rings. The maximum Gasteiger partial charge on any atom is 0.234 e. The molecule has 2 unspecified atom stereocenters. The molecule has 0 aliphatic carbocycles. The Morgan fingerprint density at radius 2 is 1.76 bits per heavy atom. The first-order chi connectivity index (χ1) is 13.2. The molecule has 0 bridgehead atoms. The van der Waals surface area contributed by atoms with E-state index in [1.54, 1.807) is 0 Å². The highest BCUT2D eigenvalue weighted by molar-refractivity contribution is 5.85. The van der Waals surface area contributed by atoms with Crippen LogP contribution in [-0.2, 0) is 14.3 Å². The van der Waals surface area contributed by atoms with Gasteiger partial charge >= 0.3 is 0 Å². The van der Waals surface area contributed by atoms with Gasteiger partial charge in [-0.25, -0.2) is 0 Å². The minimum Gasteiger partial charge on any atom is -0.394 e.